The lowest BCUT2D eigenvalue weighted by molar-refractivity contribution is -0.118. The van der Waals surface area contributed by atoms with Crippen LogP contribution in [0.4, 0.5) is 14.5 Å². The van der Waals surface area contributed by atoms with Gasteiger partial charge < -0.3 is 10.6 Å². The number of carbonyl (C=O) groups excluding carboxylic acids is 1. The average molecular weight is 543 g/mol. The van der Waals surface area contributed by atoms with Crippen molar-refractivity contribution in [3.8, 4) is 6.07 Å². The molecule has 9 heteroatoms. The van der Waals surface area contributed by atoms with E-state index < -0.39 is 41.0 Å². The Balaban J connectivity index is 1.98. The Labute approximate surface area is 224 Å². The number of hydrogen-bond acceptors (Lipinski definition) is 4. The van der Waals surface area contributed by atoms with E-state index in [4.69, 9.17) is 23.2 Å². The maximum atomic E-state index is 15.6. The van der Waals surface area contributed by atoms with E-state index in [9.17, 15) is 10.1 Å². The first-order valence-corrected chi connectivity index (χ1v) is 12.5. The minimum Gasteiger partial charge on any atom is -0.323 e. The van der Waals surface area contributed by atoms with Crippen molar-refractivity contribution in [3.63, 3.8) is 0 Å². The predicted octanol–water partition coefficient (Wildman–Crippen LogP) is 6.63. The Morgan fingerprint density at radius 2 is 1.95 bits per heavy atom. The summed E-state index contributed by atoms with van der Waals surface area (Å²) in [5, 5.41) is 16.9. The molecule has 2 aromatic carbocycles. The Morgan fingerprint density at radius 1 is 1.19 bits per heavy atom. The Morgan fingerprint density at radius 3 is 2.57 bits per heavy atom. The standard InChI is InChI=1S/C28H26Cl2F2N4O/c1-27(2,3)13-22-28(15-33,19-10-9-16(29)12-21(19)31)23(18-7-4-8-20(30)24(18)32)25(36-22)26(37)35-17-6-5-11-34-14-17/h4-12,14,22-23,25,36H,13H2,1-3H3,(H,35,37). The van der Waals surface area contributed by atoms with Gasteiger partial charge in [0.05, 0.1) is 29.0 Å². The topological polar surface area (TPSA) is 77.8 Å². The van der Waals surface area contributed by atoms with Gasteiger partial charge in [-0.2, -0.15) is 5.26 Å². The zero-order valence-corrected chi connectivity index (χ0v) is 22.0. The van der Waals surface area contributed by atoms with Crippen LogP contribution in [0.25, 0.3) is 0 Å². The van der Waals surface area contributed by atoms with Crippen LogP contribution in [0.1, 0.15) is 44.2 Å². The third-order valence-corrected chi connectivity index (χ3v) is 7.19. The van der Waals surface area contributed by atoms with Gasteiger partial charge in [-0.25, -0.2) is 8.78 Å². The number of halogens is 4. The Hall–Kier alpha value is -3.05. The molecule has 3 aromatic rings. The van der Waals surface area contributed by atoms with E-state index >= 15 is 8.78 Å². The number of amides is 1. The van der Waals surface area contributed by atoms with E-state index in [0.717, 1.165) is 6.07 Å². The van der Waals surface area contributed by atoms with Gasteiger partial charge in [0.1, 0.15) is 17.0 Å². The number of carbonyl (C=O) groups is 1. The van der Waals surface area contributed by atoms with Crippen molar-refractivity contribution >= 4 is 34.8 Å². The zero-order chi connectivity index (χ0) is 27.0. The molecule has 0 spiro atoms. The van der Waals surface area contributed by atoms with Gasteiger partial charge in [-0.3, -0.25) is 9.78 Å². The summed E-state index contributed by atoms with van der Waals surface area (Å²) >= 11 is 12.2. The van der Waals surface area contributed by atoms with Gasteiger partial charge in [-0.05, 0) is 47.7 Å². The molecule has 1 aliphatic heterocycles. The van der Waals surface area contributed by atoms with Gasteiger partial charge in [0.25, 0.3) is 0 Å². The van der Waals surface area contributed by atoms with Crippen molar-refractivity contribution in [2.24, 2.45) is 5.41 Å². The SMILES string of the molecule is CC(C)(C)CC1NC(C(=O)Nc2cccnc2)C(c2cccc(Cl)c2F)C1(C#N)c1ccc(Cl)cc1F. The fourth-order valence-corrected chi connectivity index (χ4v) is 5.55. The van der Waals surface area contributed by atoms with E-state index in [1.54, 1.807) is 24.4 Å². The van der Waals surface area contributed by atoms with Gasteiger partial charge in [-0.1, -0.05) is 62.2 Å². The first-order valence-electron chi connectivity index (χ1n) is 11.8. The number of aromatic nitrogens is 1. The number of nitrogens with zero attached hydrogens (tertiary/aromatic N) is 2. The summed E-state index contributed by atoms with van der Waals surface area (Å²) in [5.41, 5.74) is -1.50. The van der Waals surface area contributed by atoms with Crippen LogP contribution in [-0.4, -0.2) is 23.0 Å². The molecule has 4 atom stereocenters. The largest absolute Gasteiger partial charge is 0.323 e. The molecule has 37 heavy (non-hydrogen) atoms. The van der Waals surface area contributed by atoms with Crippen LogP contribution in [0.5, 0.6) is 0 Å². The summed E-state index contributed by atoms with van der Waals surface area (Å²) < 4.78 is 31.2. The molecule has 0 bridgehead atoms. The molecular weight excluding hydrogens is 517 g/mol. The maximum Gasteiger partial charge on any atom is 0.242 e. The van der Waals surface area contributed by atoms with Crippen molar-refractivity contribution < 1.29 is 13.6 Å². The smallest absolute Gasteiger partial charge is 0.242 e. The quantitative estimate of drug-likeness (QED) is 0.379. The van der Waals surface area contributed by atoms with Crippen molar-refractivity contribution in [3.05, 3.63) is 93.7 Å². The number of rotatable bonds is 5. The van der Waals surface area contributed by atoms with E-state index in [0.29, 0.717) is 12.1 Å². The lowest BCUT2D eigenvalue weighted by Gasteiger charge is -2.37. The molecule has 1 fully saturated rings. The minimum atomic E-state index is -1.68. The highest BCUT2D eigenvalue weighted by molar-refractivity contribution is 6.31. The van der Waals surface area contributed by atoms with E-state index in [-0.39, 0.29) is 26.6 Å². The summed E-state index contributed by atoms with van der Waals surface area (Å²) in [5.74, 6) is -3.12. The summed E-state index contributed by atoms with van der Waals surface area (Å²) in [4.78, 5) is 17.7. The molecule has 1 saturated heterocycles. The van der Waals surface area contributed by atoms with Crippen LogP contribution in [-0.2, 0) is 10.2 Å². The molecule has 0 saturated carbocycles. The number of benzene rings is 2. The van der Waals surface area contributed by atoms with Gasteiger partial charge >= 0.3 is 0 Å². The fraction of sp³-hybridized carbons (Fsp3) is 0.321. The predicted molar refractivity (Wildman–Crippen MR) is 141 cm³/mol. The molecule has 5 nitrogen and oxygen atoms in total. The normalized spacial score (nSPS) is 23.5. The molecule has 0 aliphatic carbocycles. The highest BCUT2D eigenvalue weighted by Gasteiger charge is 2.61. The third-order valence-electron chi connectivity index (χ3n) is 6.66. The molecule has 0 radical (unpaired) electrons. The fourth-order valence-electron chi connectivity index (χ4n) is 5.21. The molecule has 4 rings (SSSR count). The summed E-state index contributed by atoms with van der Waals surface area (Å²) in [6, 6.07) is 12.3. The molecule has 1 aliphatic rings. The van der Waals surface area contributed by atoms with Crippen LogP contribution in [0.15, 0.2) is 60.9 Å². The second-order valence-corrected chi connectivity index (χ2v) is 11.3. The zero-order valence-electron chi connectivity index (χ0n) is 20.5. The lowest BCUT2D eigenvalue weighted by Crippen LogP contribution is -2.45. The van der Waals surface area contributed by atoms with Crippen LogP contribution in [0.3, 0.4) is 0 Å². The molecular formula is C28H26Cl2F2N4O. The number of nitrogens with one attached hydrogen (secondary N) is 2. The van der Waals surface area contributed by atoms with Gasteiger partial charge in [-0.15, -0.1) is 0 Å². The summed E-state index contributed by atoms with van der Waals surface area (Å²) in [6.07, 6.45) is 3.43. The number of pyridine rings is 1. The second kappa shape index (κ2) is 10.4. The van der Waals surface area contributed by atoms with Crippen molar-refractivity contribution in [1.29, 1.82) is 5.26 Å². The number of nitriles is 1. The summed E-state index contributed by atoms with van der Waals surface area (Å²) in [7, 11) is 0. The van der Waals surface area contributed by atoms with Crippen LogP contribution in [0.2, 0.25) is 10.0 Å². The van der Waals surface area contributed by atoms with Gasteiger partial charge in [0.15, 0.2) is 0 Å². The molecule has 2 N–H and O–H groups in total. The lowest BCUT2D eigenvalue weighted by atomic mass is 9.62. The molecule has 1 amide bonds. The van der Waals surface area contributed by atoms with Crippen molar-refractivity contribution in [1.82, 2.24) is 10.3 Å². The molecule has 1 aromatic heterocycles. The van der Waals surface area contributed by atoms with E-state index in [1.807, 2.05) is 20.8 Å². The van der Waals surface area contributed by atoms with Crippen LogP contribution < -0.4 is 10.6 Å². The average Bonchev–Trinajstić information content (AvgIpc) is 3.14. The highest BCUT2D eigenvalue weighted by Crippen LogP contribution is 2.52. The first kappa shape index (κ1) is 27.0. The number of anilines is 1. The van der Waals surface area contributed by atoms with Crippen molar-refractivity contribution in [2.45, 2.75) is 50.6 Å². The number of hydrogen-bond donors (Lipinski definition) is 2. The molecule has 4 unspecified atom stereocenters. The third kappa shape index (κ3) is 5.19. The van der Waals surface area contributed by atoms with Crippen LogP contribution in [0, 0.1) is 28.4 Å². The van der Waals surface area contributed by atoms with Gasteiger partial charge in [0, 0.05) is 28.7 Å². The second-order valence-electron chi connectivity index (χ2n) is 10.4. The maximum absolute atomic E-state index is 15.6. The van der Waals surface area contributed by atoms with Crippen LogP contribution >= 0.6 is 23.2 Å². The Bertz CT molecular complexity index is 1360. The molecule has 2 heterocycles. The van der Waals surface area contributed by atoms with E-state index in [2.05, 4.69) is 21.7 Å². The van der Waals surface area contributed by atoms with Crippen molar-refractivity contribution in [2.75, 3.05) is 5.32 Å². The van der Waals surface area contributed by atoms with E-state index in [1.165, 1.54) is 30.5 Å². The summed E-state index contributed by atoms with van der Waals surface area (Å²) in [6.45, 7) is 5.94. The minimum absolute atomic E-state index is 0.0298. The molecule has 192 valence electrons. The monoisotopic (exact) mass is 542 g/mol. The first-order chi connectivity index (χ1) is 17.5. The highest BCUT2D eigenvalue weighted by atomic mass is 35.5. The van der Waals surface area contributed by atoms with Gasteiger partial charge in [0.2, 0.25) is 5.91 Å². The Kier molecular flexibility index (Phi) is 7.57.